The van der Waals surface area contributed by atoms with Crippen LogP contribution in [-0.4, -0.2) is 29.4 Å². The van der Waals surface area contributed by atoms with Crippen LogP contribution in [0.15, 0.2) is 53.7 Å². The molecule has 2 N–H and O–H groups in total. The summed E-state index contributed by atoms with van der Waals surface area (Å²) in [5.74, 6) is 2.68. The maximum atomic E-state index is 5.29. The van der Waals surface area contributed by atoms with Gasteiger partial charge in [-0.1, -0.05) is 42.1 Å². The molecule has 0 spiro atoms. The van der Waals surface area contributed by atoms with Crippen molar-refractivity contribution in [2.75, 3.05) is 19.5 Å². The summed E-state index contributed by atoms with van der Waals surface area (Å²) in [4.78, 5) is 4.43. The fourth-order valence-corrected chi connectivity index (χ4v) is 2.89. The Morgan fingerprint density at radius 1 is 1.04 bits per heavy atom. The maximum absolute atomic E-state index is 5.29. The molecule has 6 nitrogen and oxygen atoms in total. The highest BCUT2D eigenvalue weighted by atomic mass is 32.2. The first kappa shape index (κ1) is 16.2. The van der Waals surface area contributed by atoms with Crippen LogP contribution in [0.25, 0.3) is 0 Å². The van der Waals surface area contributed by atoms with Crippen molar-refractivity contribution in [1.82, 2.24) is 15.2 Å². The number of rotatable bonds is 7. The number of hydrogen-bond donors (Lipinski definition) is 2. The van der Waals surface area contributed by atoms with Gasteiger partial charge < -0.3 is 14.8 Å². The molecule has 0 saturated carbocycles. The van der Waals surface area contributed by atoms with E-state index in [1.807, 2.05) is 36.4 Å². The van der Waals surface area contributed by atoms with Gasteiger partial charge >= 0.3 is 0 Å². The number of nitrogens with zero attached hydrogens (tertiary/aromatic N) is 2. The van der Waals surface area contributed by atoms with Crippen molar-refractivity contribution in [2.24, 2.45) is 0 Å². The third-order valence-electron chi connectivity index (χ3n) is 3.32. The Kier molecular flexibility index (Phi) is 5.22. The number of ether oxygens (including phenoxy) is 2. The zero-order valence-electron chi connectivity index (χ0n) is 13.4. The van der Waals surface area contributed by atoms with Gasteiger partial charge in [0.25, 0.3) is 0 Å². The minimum absolute atomic E-state index is 0.512. The number of methoxy groups -OCH3 is 2. The van der Waals surface area contributed by atoms with E-state index in [-0.39, 0.29) is 0 Å². The summed E-state index contributed by atoms with van der Waals surface area (Å²) in [6, 6.07) is 15.8. The molecule has 7 heteroatoms. The lowest BCUT2D eigenvalue weighted by atomic mass is 10.2. The summed E-state index contributed by atoms with van der Waals surface area (Å²) in [6.07, 6.45) is 0. The highest BCUT2D eigenvalue weighted by Crippen LogP contribution is 2.30. The predicted octanol–water partition coefficient (Wildman–Crippen LogP) is 3.86. The monoisotopic (exact) mass is 342 g/mol. The Morgan fingerprint density at radius 3 is 2.58 bits per heavy atom. The quantitative estimate of drug-likeness (QED) is 0.635. The van der Waals surface area contributed by atoms with Gasteiger partial charge in [0.15, 0.2) is 16.7 Å². The van der Waals surface area contributed by atoms with Crippen molar-refractivity contribution in [3.63, 3.8) is 0 Å². The van der Waals surface area contributed by atoms with Crippen LogP contribution in [0.2, 0.25) is 0 Å². The van der Waals surface area contributed by atoms with Crippen LogP contribution in [0.4, 0.5) is 11.6 Å². The van der Waals surface area contributed by atoms with E-state index in [9.17, 15) is 0 Å². The molecule has 1 heterocycles. The van der Waals surface area contributed by atoms with Crippen LogP contribution >= 0.6 is 11.8 Å². The highest BCUT2D eigenvalue weighted by molar-refractivity contribution is 7.98. The molecule has 0 aliphatic carbocycles. The number of thioether (sulfide) groups is 1. The first-order valence-corrected chi connectivity index (χ1v) is 8.35. The molecular formula is C17H18N4O2S. The molecule has 124 valence electrons. The van der Waals surface area contributed by atoms with Crippen LogP contribution in [-0.2, 0) is 5.75 Å². The van der Waals surface area contributed by atoms with Gasteiger partial charge in [0, 0.05) is 17.5 Å². The van der Waals surface area contributed by atoms with Crippen LogP contribution in [0.1, 0.15) is 5.56 Å². The zero-order valence-corrected chi connectivity index (χ0v) is 14.3. The molecule has 0 aliphatic rings. The van der Waals surface area contributed by atoms with Gasteiger partial charge in [0.1, 0.15) is 0 Å². The van der Waals surface area contributed by atoms with E-state index >= 15 is 0 Å². The molecule has 0 unspecified atom stereocenters. The zero-order chi connectivity index (χ0) is 16.8. The lowest BCUT2D eigenvalue weighted by Crippen LogP contribution is -1.95. The third kappa shape index (κ3) is 3.99. The molecule has 0 saturated heterocycles. The topological polar surface area (TPSA) is 72.1 Å². The smallest absolute Gasteiger partial charge is 0.247 e. The van der Waals surface area contributed by atoms with Gasteiger partial charge in [-0.3, -0.25) is 5.10 Å². The Bertz CT molecular complexity index is 792. The van der Waals surface area contributed by atoms with Gasteiger partial charge in [-0.2, -0.15) is 4.98 Å². The van der Waals surface area contributed by atoms with Crippen molar-refractivity contribution < 1.29 is 9.47 Å². The van der Waals surface area contributed by atoms with Gasteiger partial charge in [-0.05, 0) is 17.7 Å². The number of aromatic amines is 1. The van der Waals surface area contributed by atoms with E-state index in [1.54, 1.807) is 26.0 Å². The lowest BCUT2D eigenvalue weighted by molar-refractivity contribution is 0.355. The first-order valence-electron chi connectivity index (χ1n) is 7.36. The van der Waals surface area contributed by atoms with Gasteiger partial charge in [-0.15, -0.1) is 5.10 Å². The molecule has 3 rings (SSSR count). The molecule has 2 aromatic carbocycles. The van der Waals surface area contributed by atoms with E-state index < -0.39 is 0 Å². The van der Waals surface area contributed by atoms with Crippen molar-refractivity contribution in [3.05, 3.63) is 54.1 Å². The Labute approximate surface area is 144 Å². The van der Waals surface area contributed by atoms with Crippen molar-refractivity contribution >= 4 is 23.4 Å². The van der Waals surface area contributed by atoms with E-state index in [4.69, 9.17) is 9.47 Å². The van der Waals surface area contributed by atoms with Crippen LogP contribution in [0.3, 0.4) is 0 Å². The average Bonchev–Trinajstić information content (AvgIpc) is 3.08. The number of anilines is 2. The molecule has 0 atom stereocenters. The van der Waals surface area contributed by atoms with E-state index in [0.717, 1.165) is 16.6 Å². The van der Waals surface area contributed by atoms with E-state index in [2.05, 4.69) is 32.6 Å². The molecule has 0 radical (unpaired) electrons. The van der Waals surface area contributed by atoms with Crippen molar-refractivity contribution in [2.45, 2.75) is 10.9 Å². The van der Waals surface area contributed by atoms with Crippen LogP contribution in [0.5, 0.6) is 11.5 Å². The summed E-state index contributed by atoms with van der Waals surface area (Å²) >= 11 is 1.60. The number of nitrogens with one attached hydrogen (secondary N) is 2. The molecule has 3 aromatic rings. The molecule has 0 aliphatic heterocycles. The second kappa shape index (κ2) is 7.74. The number of H-pyrrole nitrogens is 1. The fourth-order valence-electron chi connectivity index (χ4n) is 2.14. The fraction of sp³-hybridized carbons (Fsp3) is 0.176. The summed E-state index contributed by atoms with van der Waals surface area (Å²) in [5, 5.41) is 11.0. The predicted molar refractivity (Wildman–Crippen MR) is 95.2 cm³/mol. The van der Waals surface area contributed by atoms with Crippen molar-refractivity contribution in [3.8, 4) is 11.5 Å². The summed E-state index contributed by atoms with van der Waals surface area (Å²) in [5.41, 5.74) is 2.07. The highest BCUT2D eigenvalue weighted by Gasteiger charge is 2.08. The lowest BCUT2D eigenvalue weighted by Gasteiger charge is -2.09. The number of benzene rings is 2. The molecular weight excluding hydrogens is 324 g/mol. The van der Waals surface area contributed by atoms with Gasteiger partial charge in [0.05, 0.1) is 14.2 Å². The Hall–Kier alpha value is -2.67. The maximum Gasteiger partial charge on any atom is 0.247 e. The van der Waals surface area contributed by atoms with Gasteiger partial charge in [0.2, 0.25) is 5.95 Å². The minimum Gasteiger partial charge on any atom is -0.493 e. The van der Waals surface area contributed by atoms with E-state index in [1.165, 1.54) is 5.56 Å². The number of hydrogen-bond acceptors (Lipinski definition) is 6. The summed E-state index contributed by atoms with van der Waals surface area (Å²) in [7, 11) is 3.21. The second-order valence-corrected chi connectivity index (χ2v) is 5.90. The second-order valence-electron chi connectivity index (χ2n) is 4.93. The Morgan fingerprint density at radius 2 is 1.83 bits per heavy atom. The minimum atomic E-state index is 0.512. The molecule has 0 amide bonds. The first-order chi connectivity index (χ1) is 11.8. The van der Waals surface area contributed by atoms with Crippen LogP contribution in [0, 0.1) is 0 Å². The molecule has 0 bridgehead atoms. The normalized spacial score (nSPS) is 10.4. The van der Waals surface area contributed by atoms with Gasteiger partial charge in [-0.25, -0.2) is 0 Å². The van der Waals surface area contributed by atoms with Crippen molar-refractivity contribution in [1.29, 1.82) is 0 Å². The Balaban J connectivity index is 1.63. The molecule has 1 aromatic heterocycles. The standard InChI is InChI=1S/C17H18N4O2S/c1-22-14-9-8-13(10-15(14)23-2)18-16-19-17(21-20-16)24-11-12-6-4-3-5-7-12/h3-10H,11H2,1-2H3,(H2,18,19,20,21). The summed E-state index contributed by atoms with van der Waals surface area (Å²) in [6.45, 7) is 0. The summed E-state index contributed by atoms with van der Waals surface area (Å²) < 4.78 is 10.5. The van der Waals surface area contributed by atoms with E-state index in [0.29, 0.717) is 17.4 Å². The third-order valence-corrected chi connectivity index (χ3v) is 4.26. The SMILES string of the molecule is COc1ccc(Nc2n[nH]c(SCc3ccccc3)n2)cc1OC. The number of aromatic nitrogens is 3. The molecule has 24 heavy (non-hydrogen) atoms. The van der Waals surface area contributed by atoms with Crippen LogP contribution < -0.4 is 14.8 Å². The molecule has 0 fully saturated rings. The largest absolute Gasteiger partial charge is 0.493 e. The average molecular weight is 342 g/mol.